The zero-order chi connectivity index (χ0) is 20.1. The number of aromatic nitrogens is 2. The predicted octanol–water partition coefficient (Wildman–Crippen LogP) is 4.52. The van der Waals surface area contributed by atoms with Crippen LogP contribution in [0, 0.1) is 12.7 Å². The minimum atomic E-state index is -0.323. The van der Waals surface area contributed by atoms with E-state index in [0.717, 1.165) is 5.69 Å². The number of rotatable bonds is 6. The Kier molecular flexibility index (Phi) is 6.16. The van der Waals surface area contributed by atoms with Gasteiger partial charge in [0.25, 0.3) is 0 Å². The lowest BCUT2D eigenvalue weighted by molar-refractivity contribution is -0.113. The van der Waals surface area contributed by atoms with Gasteiger partial charge in [-0.2, -0.15) is 0 Å². The Balaban J connectivity index is 1.67. The minimum Gasteiger partial charge on any atom is -0.325 e. The summed E-state index contributed by atoms with van der Waals surface area (Å²) in [5.41, 5.74) is 2.58. The molecule has 3 aromatic rings. The van der Waals surface area contributed by atoms with Crippen molar-refractivity contribution in [3.8, 4) is 11.4 Å². The number of halogens is 1. The van der Waals surface area contributed by atoms with Crippen molar-refractivity contribution in [1.29, 1.82) is 0 Å². The largest absolute Gasteiger partial charge is 0.325 e. The van der Waals surface area contributed by atoms with Crippen molar-refractivity contribution in [3.05, 3.63) is 71.7 Å². The lowest BCUT2D eigenvalue weighted by Gasteiger charge is -2.08. The van der Waals surface area contributed by atoms with E-state index in [2.05, 4.69) is 15.3 Å². The first-order valence-electron chi connectivity index (χ1n) is 8.56. The van der Waals surface area contributed by atoms with Crippen molar-refractivity contribution in [1.82, 2.24) is 9.97 Å². The van der Waals surface area contributed by atoms with Crippen LogP contribution < -0.4 is 5.32 Å². The van der Waals surface area contributed by atoms with Crippen molar-refractivity contribution < 1.29 is 14.0 Å². The van der Waals surface area contributed by atoms with Gasteiger partial charge in [-0.05, 0) is 56.3 Å². The standard InChI is InChI=1S/C21H18FN3O2S/c1-13-10-20(25-21(23-13)15-6-8-17(22)9-7-15)28-12-19(27)24-18-5-3-4-16(11-18)14(2)26/h3-11H,12H2,1-2H3,(H,24,27). The number of Topliss-reactive ketones (excluding diaryl/α,β-unsaturated/α-hetero) is 1. The number of aryl methyl sites for hydroxylation is 1. The highest BCUT2D eigenvalue weighted by Gasteiger charge is 2.09. The Morgan fingerprint density at radius 1 is 1.07 bits per heavy atom. The molecule has 1 aromatic heterocycles. The summed E-state index contributed by atoms with van der Waals surface area (Å²) < 4.78 is 13.1. The normalized spacial score (nSPS) is 10.5. The first-order chi connectivity index (χ1) is 13.4. The summed E-state index contributed by atoms with van der Waals surface area (Å²) >= 11 is 1.28. The first kappa shape index (κ1) is 19.7. The van der Waals surface area contributed by atoms with Crippen LogP contribution in [0.5, 0.6) is 0 Å². The fourth-order valence-corrected chi connectivity index (χ4v) is 3.25. The summed E-state index contributed by atoms with van der Waals surface area (Å²) in [7, 11) is 0. The maximum atomic E-state index is 13.1. The number of hydrogen-bond donors (Lipinski definition) is 1. The highest BCUT2D eigenvalue weighted by Crippen LogP contribution is 2.22. The maximum Gasteiger partial charge on any atom is 0.234 e. The molecule has 0 aliphatic heterocycles. The molecule has 0 unspecified atom stereocenters. The zero-order valence-electron chi connectivity index (χ0n) is 15.4. The number of carbonyl (C=O) groups excluding carboxylic acids is 2. The number of benzene rings is 2. The molecular weight excluding hydrogens is 377 g/mol. The molecule has 1 heterocycles. The molecule has 0 bridgehead atoms. The molecule has 0 spiro atoms. The molecule has 5 nitrogen and oxygen atoms in total. The predicted molar refractivity (Wildman–Crippen MR) is 108 cm³/mol. The SMILES string of the molecule is CC(=O)c1cccc(NC(=O)CSc2cc(C)nc(-c3ccc(F)cc3)n2)c1. The number of anilines is 1. The van der Waals surface area contributed by atoms with Gasteiger partial charge in [0, 0.05) is 22.5 Å². The molecule has 1 amide bonds. The molecule has 2 aromatic carbocycles. The van der Waals surface area contributed by atoms with E-state index in [0.29, 0.717) is 27.7 Å². The molecule has 0 atom stereocenters. The molecule has 0 fully saturated rings. The van der Waals surface area contributed by atoms with Crippen LogP contribution in [-0.2, 0) is 4.79 Å². The quantitative estimate of drug-likeness (QED) is 0.377. The molecule has 0 saturated heterocycles. The highest BCUT2D eigenvalue weighted by molar-refractivity contribution is 7.99. The van der Waals surface area contributed by atoms with Gasteiger partial charge in [0.2, 0.25) is 5.91 Å². The van der Waals surface area contributed by atoms with E-state index in [1.54, 1.807) is 42.5 Å². The van der Waals surface area contributed by atoms with Crippen LogP contribution in [0.2, 0.25) is 0 Å². The van der Waals surface area contributed by atoms with Gasteiger partial charge < -0.3 is 5.32 Å². The Bertz CT molecular complexity index is 1020. The molecule has 28 heavy (non-hydrogen) atoms. The summed E-state index contributed by atoms with van der Waals surface area (Å²) in [5, 5.41) is 3.43. The average molecular weight is 395 g/mol. The van der Waals surface area contributed by atoms with Crippen LogP contribution in [-0.4, -0.2) is 27.4 Å². The van der Waals surface area contributed by atoms with Crippen LogP contribution in [0.3, 0.4) is 0 Å². The van der Waals surface area contributed by atoms with Gasteiger partial charge in [-0.25, -0.2) is 14.4 Å². The number of ketones is 1. The van der Waals surface area contributed by atoms with E-state index in [1.165, 1.54) is 30.8 Å². The molecule has 0 aliphatic rings. The first-order valence-corrected chi connectivity index (χ1v) is 9.54. The van der Waals surface area contributed by atoms with Crippen LogP contribution in [0.15, 0.2) is 59.6 Å². The summed E-state index contributed by atoms with van der Waals surface area (Å²) in [5.74, 6) is 0.0537. The van der Waals surface area contributed by atoms with Crippen LogP contribution in [0.4, 0.5) is 10.1 Å². The van der Waals surface area contributed by atoms with Gasteiger partial charge in [-0.3, -0.25) is 9.59 Å². The zero-order valence-corrected chi connectivity index (χ0v) is 16.2. The third kappa shape index (κ3) is 5.23. The summed E-state index contributed by atoms with van der Waals surface area (Å²) in [6.45, 7) is 3.32. The highest BCUT2D eigenvalue weighted by atomic mass is 32.2. The number of hydrogen-bond acceptors (Lipinski definition) is 5. The van der Waals surface area contributed by atoms with Crippen molar-refractivity contribution in [2.75, 3.05) is 11.1 Å². The summed E-state index contributed by atoms with van der Waals surface area (Å²) in [6, 6.07) is 14.5. The second-order valence-corrected chi connectivity index (χ2v) is 7.15. The van der Waals surface area contributed by atoms with E-state index in [9.17, 15) is 14.0 Å². The molecule has 0 saturated carbocycles. The lowest BCUT2D eigenvalue weighted by Crippen LogP contribution is -2.14. The van der Waals surface area contributed by atoms with E-state index < -0.39 is 0 Å². The summed E-state index contributed by atoms with van der Waals surface area (Å²) in [6.07, 6.45) is 0. The van der Waals surface area contributed by atoms with Crippen molar-refractivity contribution >= 4 is 29.1 Å². The van der Waals surface area contributed by atoms with Gasteiger partial charge in [-0.15, -0.1) is 0 Å². The second-order valence-electron chi connectivity index (χ2n) is 6.15. The number of thioether (sulfide) groups is 1. The third-order valence-corrected chi connectivity index (χ3v) is 4.75. The Hall–Kier alpha value is -3.06. The number of nitrogens with zero attached hydrogens (tertiary/aromatic N) is 2. The number of nitrogens with one attached hydrogen (secondary N) is 1. The molecule has 1 N–H and O–H groups in total. The molecule has 142 valence electrons. The molecule has 0 aliphatic carbocycles. The van der Waals surface area contributed by atoms with E-state index in [4.69, 9.17) is 0 Å². The van der Waals surface area contributed by atoms with Crippen molar-refractivity contribution in [3.63, 3.8) is 0 Å². The van der Waals surface area contributed by atoms with E-state index in [-0.39, 0.29) is 23.3 Å². The monoisotopic (exact) mass is 395 g/mol. The average Bonchev–Trinajstić information content (AvgIpc) is 2.67. The maximum absolute atomic E-state index is 13.1. The van der Waals surface area contributed by atoms with Crippen LogP contribution in [0.25, 0.3) is 11.4 Å². The number of carbonyl (C=O) groups is 2. The topological polar surface area (TPSA) is 72.0 Å². The molecule has 7 heteroatoms. The van der Waals surface area contributed by atoms with Gasteiger partial charge in [-0.1, -0.05) is 23.9 Å². The second kappa shape index (κ2) is 8.75. The smallest absolute Gasteiger partial charge is 0.234 e. The Morgan fingerprint density at radius 3 is 2.54 bits per heavy atom. The fraction of sp³-hybridized carbons (Fsp3) is 0.143. The van der Waals surface area contributed by atoms with E-state index >= 15 is 0 Å². The van der Waals surface area contributed by atoms with Crippen molar-refractivity contribution in [2.45, 2.75) is 18.9 Å². The fourth-order valence-electron chi connectivity index (χ4n) is 2.49. The van der Waals surface area contributed by atoms with Gasteiger partial charge in [0.1, 0.15) is 10.8 Å². The molecular formula is C21H18FN3O2S. The Morgan fingerprint density at radius 2 is 1.82 bits per heavy atom. The van der Waals surface area contributed by atoms with Crippen molar-refractivity contribution in [2.24, 2.45) is 0 Å². The van der Waals surface area contributed by atoms with Crippen LogP contribution in [0.1, 0.15) is 23.0 Å². The van der Waals surface area contributed by atoms with Gasteiger partial charge in [0.15, 0.2) is 11.6 Å². The summed E-state index contributed by atoms with van der Waals surface area (Å²) in [4.78, 5) is 32.5. The Labute approximate surface area is 166 Å². The molecule has 0 radical (unpaired) electrons. The van der Waals surface area contributed by atoms with Gasteiger partial charge >= 0.3 is 0 Å². The van der Waals surface area contributed by atoms with Gasteiger partial charge in [0.05, 0.1) is 5.75 Å². The van der Waals surface area contributed by atoms with E-state index in [1.807, 2.05) is 6.92 Å². The lowest BCUT2D eigenvalue weighted by atomic mass is 10.1. The van der Waals surface area contributed by atoms with Crippen LogP contribution >= 0.6 is 11.8 Å². The number of amides is 1. The molecule has 3 rings (SSSR count). The third-order valence-electron chi connectivity index (χ3n) is 3.84. The minimum absolute atomic E-state index is 0.0599.